The van der Waals surface area contributed by atoms with Gasteiger partial charge in [-0.15, -0.1) is 0 Å². The van der Waals surface area contributed by atoms with Gasteiger partial charge in [0.15, 0.2) is 0 Å². The number of phenolic OH excluding ortho intramolecular Hbond substituents is 1. The lowest BCUT2D eigenvalue weighted by atomic mass is 9.91. The van der Waals surface area contributed by atoms with Gasteiger partial charge in [-0.05, 0) is 55.0 Å². The van der Waals surface area contributed by atoms with Crippen molar-refractivity contribution in [1.29, 1.82) is 0 Å². The number of hydrogen-bond acceptors (Lipinski definition) is 5. The highest BCUT2D eigenvalue weighted by molar-refractivity contribution is 5.83. The van der Waals surface area contributed by atoms with Crippen LogP contribution in [0.15, 0.2) is 48.5 Å². The van der Waals surface area contributed by atoms with E-state index in [-0.39, 0.29) is 29.6 Å². The van der Waals surface area contributed by atoms with Crippen molar-refractivity contribution in [3.05, 3.63) is 65.2 Å². The molecule has 2 aromatic rings. The molecule has 1 amide bonds. The van der Waals surface area contributed by atoms with E-state index in [1.54, 1.807) is 12.1 Å². The SMILES string of the molecule is CCOC(=O)C1CCN(C(=O)C2Cc3ccccc3CN2Cc2ccc(O)cc2)CC1. The topological polar surface area (TPSA) is 70.1 Å². The van der Waals surface area contributed by atoms with E-state index in [2.05, 4.69) is 17.0 Å². The highest BCUT2D eigenvalue weighted by Gasteiger charge is 2.36. The average Bonchev–Trinajstić information content (AvgIpc) is 2.80. The number of carbonyl (C=O) groups excluding carboxylic acids is 2. The summed E-state index contributed by atoms with van der Waals surface area (Å²) in [5.74, 6) is 0.125. The number of likely N-dealkylation sites (tertiary alicyclic amines) is 1. The molecule has 6 heteroatoms. The number of carbonyl (C=O) groups is 2. The molecule has 0 bridgehead atoms. The fraction of sp³-hybridized carbons (Fsp3) is 0.440. The normalized spacial score (nSPS) is 19.6. The predicted molar refractivity (Wildman–Crippen MR) is 117 cm³/mol. The summed E-state index contributed by atoms with van der Waals surface area (Å²) in [7, 11) is 0. The Morgan fingerprint density at radius 3 is 2.39 bits per heavy atom. The van der Waals surface area contributed by atoms with Gasteiger partial charge in [0.05, 0.1) is 18.6 Å². The number of amides is 1. The summed E-state index contributed by atoms with van der Waals surface area (Å²) in [6.07, 6.45) is 2.00. The molecule has 6 nitrogen and oxygen atoms in total. The number of benzene rings is 2. The molecule has 2 aromatic carbocycles. The lowest BCUT2D eigenvalue weighted by molar-refractivity contribution is -0.152. The van der Waals surface area contributed by atoms with E-state index in [0.29, 0.717) is 52.0 Å². The molecule has 0 spiro atoms. The molecule has 0 aromatic heterocycles. The number of esters is 1. The summed E-state index contributed by atoms with van der Waals surface area (Å²) in [5, 5.41) is 9.59. The van der Waals surface area contributed by atoms with Gasteiger partial charge in [0.2, 0.25) is 5.91 Å². The van der Waals surface area contributed by atoms with Crippen LogP contribution in [0, 0.1) is 5.92 Å². The van der Waals surface area contributed by atoms with Gasteiger partial charge >= 0.3 is 5.97 Å². The van der Waals surface area contributed by atoms with Crippen LogP contribution in [0.25, 0.3) is 0 Å². The molecule has 164 valence electrons. The van der Waals surface area contributed by atoms with Gasteiger partial charge in [0.1, 0.15) is 5.75 Å². The number of piperidine rings is 1. The fourth-order valence-electron chi connectivity index (χ4n) is 4.63. The summed E-state index contributed by atoms with van der Waals surface area (Å²) < 4.78 is 5.16. The molecule has 4 rings (SSSR count). The van der Waals surface area contributed by atoms with Crippen LogP contribution in [0.5, 0.6) is 5.75 Å². The standard InChI is InChI=1S/C25H30N2O4/c1-2-31-25(30)19-11-13-26(14-12-19)24(29)23-15-20-5-3-4-6-21(20)17-27(23)16-18-7-9-22(28)10-8-18/h3-10,19,23,28H,2,11-17H2,1H3. The number of fused-ring (bicyclic) bond motifs is 1. The van der Waals surface area contributed by atoms with E-state index < -0.39 is 0 Å². The Bertz CT molecular complexity index is 919. The highest BCUT2D eigenvalue weighted by atomic mass is 16.5. The first-order chi connectivity index (χ1) is 15.0. The predicted octanol–water partition coefficient (Wildman–Crippen LogP) is 3.12. The Balaban J connectivity index is 1.49. The van der Waals surface area contributed by atoms with Crippen LogP contribution in [0.3, 0.4) is 0 Å². The molecule has 1 fully saturated rings. The van der Waals surface area contributed by atoms with Crippen molar-refractivity contribution >= 4 is 11.9 Å². The van der Waals surface area contributed by atoms with Crippen LogP contribution in [-0.4, -0.2) is 52.5 Å². The van der Waals surface area contributed by atoms with Crippen LogP contribution < -0.4 is 0 Å². The number of ether oxygens (including phenoxy) is 1. The molecule has 1 saturated heterocycles. The minimum atomic E-state index is -0.233. The van der Waals surface area contributed by atoms with Crippen molar-refractivity contribution < 1.29 is 19.4 Å². The summed E-state index contributed by atoms with van der Waals surface area (Å²) in [4.78, 5) is 29.7. The summed E-state index contributed by atoms with van der Waals surface area (Å²) in [5.41, 5.74) is 3.55. The van der Waals surface area contributed by atoms with Crippen LogP contribution in [-0.2, 0) is 33.8 Å². The zero-order valence-corrected chi connectivity index (χ0v) is 18.0. The maximum absolute atomic E-state index is 13.5. The third-order valence-corrected chi connectivity index (χ3v) is 6.38. The van der Waals surface area contributed by atoms with Gasteiger partial charge < -0.3 is 14.7 Å². The zero-order chi connectivity index (χ0) is 21.8. The number of phenols is 1. The molecule has 0 saturated carbocycles. The first-order valence-corrected chi connectivity index (χ1v) is 11.1. The van der Waals surface area contributed by atoms with E-state index in [1.165, 1.54) is 11.1 Å². The number of hydrogen-bond donors (Lipinski definition) is 1. The lowest BCUT2D eigenvalue weighted by Gasteiger charge is -2.40. The third-order valence-electron chi connectivity index (χ3n) is 6.38. The van der Waals surface area contributed by atoms with Crippen LogP contribution >= 0.6 is 0 Å². The number of nitrogens with zero attached hydrogens (tertiary/aromatic N) is 2. The van der Waals surface area contributed by atoms with E-state index in [4.69, 9.17) is 4.74 Å². The second-order valence-electron chi connectivity index (χ2n) is 8.41. The molecule has 1 atom stereocenters. The maximum atomic E-state index is 13.5. The van der Waals surface area contributed by atoms with Crippen LogP contribution in [0.1, 0.15) is 36.5 Å². The first kappa shape index (κ1) is 21.4. The zero-order valence-electron chi connectivity index (χ0n) is 18.0. The van der Waals surface area contributed by atoms with Crippen molar-refractivity contribution in [3.8, 4) is 5.75 Å². The van der Waals surface area contributed by atoms with Crippen molar-refractivity contribution in [3.63, 3.8) is 0 Å². The third kappa shape index (κ3) is 4.90. The van der Waals surface area contributed by atoms with Crippen molar-refractivity contribution in [2.75, 3.05) is 19.7 Å². The fourth-order valence-corrected chi connectivity index (χ4v) is 4.63. The first-order valence-electron chi connectivity index (χ1n) is 11.1. The summed E-state index contributed by atoms with van der Waals surface area (Å²) >= 11 is 0. The second-order valence-corrected chi connectivity index (χ2v) is 8.41. The van der Waals surface area contributed by atoms with Gasteiger partial charge in [-0.3, -0.25) is 14.5 Å². The van der Waals surface area contributed by atoms with Crippen LogP contribution in [0.2, 0.25) is 0 Å². The molecular formula is C25H30N2O4. The Morgan fingerprint density at radius 1 is 1.03 bits per heavy atom. The maximum Gasteiger partial charge on any atom is 0.309 e. The Kier molecular flexibility index (Phi) is 6.56. The van der Waals surface area contributed by atoms with Gasteiger partial charge in [0, 0.05) is 26.2 Å². The Hall–Kier alpha value is -2.86. The summed E-state index contributed by atoms with van der Waals surface area (Å²) in [6.45, 7) is 4.75. The van der Waals surface area contributed by atoms with Crippen LogP contribution in [0.4, 0.5) is 0 Å². The summed E-state index contributed by atoms with van der Waals surface area (Å²) in [6, 6.07) is 15.3. The molecule has 0 radical (unpaired) electrons. The largest absolute Gasteiger partial charge is 0.508 e. The minimum absolute atomic E-state index is 0.107. The van der Waals surface area contributed by atoms with Gasteiger partial charge in [0.25, 0.3) is 0 Å². The van der Waals surface area contributed by atoms with Gasteiger partial charge in [-0.2, -0.15) is 0 Å². The molecular weight excluding hydrogens is 392 g/mol. The van der Waals surface area contributed by atoms with Gasteiger partial charge in [-0.1, -0.05) is 36.4 Å². The molecule has 0 aliphatic carbocycles. The molecule has 1 N–H and O–H groups in total. The molecule has 2 aliphatic heterocycles. The second kappa shape index (κ2) is 9.52. The van der Waals surface area contributed by atoms with Crippen molar-refractivity contribution in [2.24, 2.45) is 5.92 Å². The monoisotopic (exact) mass is 422 g/mol. The van der Waals surface area contributed by atoms with Gasteiger partial charge in [-0.25, -0.2) is 0 Å². The van der Waals surface area contributed by atoms with E-state index in [0.717, 1.165) is 5.56 Å². The smallest absolute Gasteiger partial charge is 0.309 e. The Morgan fingerprint density at radius 2 is 1.71 bits per heavy atom. The quantitative estimate of drug-likeness (QED) is 0.750. The highest BCUT2D eigenvalue weighted by Crippen LogP contribution is 2.28. The number of aromatic hydroxyl groups is 1. The average molecular weight is 423 g/mol. The van der Waals surface area contributed by atoms with E-state index in [9.17, 15) is 14.7 Å². The van der Waals surface area contributed by atoms with E-state index in [1.807, 2.05) is 36.1 Å². The molecule has 2 aliphatic rings. The van der Waals surface area contributed by atoms with Crippen molar-refractivity contribution in [2.45, 2.75) is 45.3 Å². The molecule has 1 unspecified atom stereocenters. The molecule has 2 heterocycles. The van der Waals surface area contributed by atoms with E-state index >= 15 is 0 Å². The lowest BCUT2D eigenvalue weighted by Crippen LogP contribution is -2.53. The Labute approximate surface area is 183 Å². The molecule has 31 heavy (non-hydrogen) atoms. The van der Waals surface area contributed by atoms with Crippen molar-refractivity contribution in [1.82, 2.24) is 9.80 Å². The minimum Gasteiger partial charge on any atom is -0.508 e. The number of rotatable bonds is 5.